The van der Waals surface area contributed by atoms with Crippen LogP contribution in [-0.2, 0) is 11.8 Å². The van der Waals surface area contributed by atoms with Crippen LogP contribution in [0.4, 0.5) is 20.7 Å². The predicted octanol–water partition coefficient (Wildman–Crippen LogP) is 1.28. The number of imide groups is 1. The monoisotopic (exact) mass is 455 g/mol. The fourth-order valence-corrected chi connectivity index (χ4v) is 6.10. The number of urea groups is 1. The molecule has 176 valence electrons. The smallest absolute Gasteiger partial charge is 0.329 e. The van der Waals surface area contributed by atoms with Gasteiger partial charge in [0.15, 0.2) is 11.6 Å². The fourth-order valence-electron chi connectivity index (χ4n) is 6.10. The van der Waals surface area contributed by atoms with Crippen LogP contribution in [0.3, 0.4) is 0 Å². The van der Waals surface area contributed by atoms with Gasteiger partial charge in [0, 0.05) is 63.5 Å². The Kier molecular flexibility index (Phi) is 4.84. The van der Waals surface area contributed by atoms with Crippen LogP contribution < -0.4 is 20.4 Å². The second-order valence-electron chi connectivity index (χ2n) is 10.2. The molecule has 3 amide bonds. The van der Waals surface area contributed by atoms with E-state index in [-0.39, 0.29) is 24.7 Å². The van der Waals surface area contributed by atoms with Gasteiger partial charge in [0.05, 0.1) is 5.69 Å². The van der Waals surface area contributed by atoms with Crippen LogP contribution in [0.1, 0.15) is 19.3 Å². The number of amides is 3. The minimum absolute atomic E-state index is 0.203. The number of aromatic nitrogens is 2. The number of piperidine rings is 1. The number of halogens is 1. The summed E-state index contributed by atoms with van der Waals surface area (Å²) in [6.07, 6.45) is 2.74. The number of hydrogen-bond donors (Lipinski definition) is 2. The quantitative estimate of drug-likeness (QED) is 0.723. The molecule has 4 saturated heterocycles. The summed E-state index contributed by atoms with van der Waals surface area (Å²) < 4.78 is 17.1. The maximum atomic E-state index is 15.6. The predicted molar refractivity (Wildman–Crippen MR) is 123 cm³/mol. The number of rotatable bonds is 4. The van der Waals surface area contributed by atoms with Gasteiger partial charge in [0.1, 0.15) is 5.52 Å². The van der Waals surface area contributed by atoms with Crippen LogP contribution in [0.25, 0.3) is 10.9 Å². The first-order valence-corrected chi connectivity index (χ1v) is 11.9. The molecular weight excluding hydrogens is 425 g/mol. The van der Waals surface area contributed by atoms with Gasteiger partial charge in [-0.3, -0.25) is 19.7 Å². The van der Waals surface area contributed by atoms with Crippen LogP contribution in [0.15, 0.2) is 12.1 Å². The number of aryl methyl sites for hydroxylation is 1. The minimum atomic E-state index is -0.514. The van der Waals surface area contributed by atoms with Gasteiger partial charge >= 0.3 is 6.03 Å². The SMILES string of the molecule is Cn1nc(N2CCC(=O)NC2=O)c2ccc(N3CC4(CN(CC5CCNCC5)C4)C3)c(F)c21. The average Bonchev–Trinajstić information content (AvgIpc) is 3.07. The molecule has 9 nitrogen and oxygen atoms in total. The summed E-state index contributed by atoms with van der Waals surface area (Å²) in [5.74, 6) is 0.583. The minimum Gasteiger partial charge on any atom is -0.368 e. The Morgan fingerprint density at radius 1 is 1.15 bits per heavy atom. The third-order valence-corrected chi connectivity index (χ3v) is 7.70. The van der Waals surface area contributed by atoms with Crippen molar-refractivity contribution in [2.75, 3.05) is 62.2 Å². The number of anilines is 2. The van der Waals surface area contributed by atoms with Crippen LogP contribution in [-0.4, -0.2) is 79.0 Å². The molecule has 4 fully saturated rings. The Morgan fingerprint density at radius 2 is 1.91 bits per heavy atom. The molecule has 0 bridgehead atoms. The van der Waals surface area contributed by atoms with E-state index >= 15 is 4.39 Å². The summed E-state index contributed by atoms with van der Waals surface area (Å²) in [5, 5.41) is 10.7. The molecular formula is C23H30FN7O2. The van der Waals surface area contributed by atoms with Crippen molar-refractivity contribution in [3.8, 4) is 0 Å². The molecule has 2 N–H and O–H groups in total. The van der Waals surface area contributed by atoms with Crippen LogP contribution >= 0.6 is 0 Å². The molecule has 10 heteroatoms. The second-order valence-corrected chi connectivity index (χ2v) is 10.2. The summed E-state index contributed by atoms with van der Waals surface area (Å²) in [5.41, 5.74) is 1.27. The number of nitrogens with one attached hydrogen (secondary N) is 2. The highest BCUT2D eigenvalue weighted by Gasteiger charge is 2.52. The zero-order chi connectivity index (χ0) is 22.7. The number of hydrogen-bond acceptors (Lipinski definition) is 6. The normalized spacial score (nSPS) is 23.7. The van der Waals surface area contributed by atoms with Crippen molar-refractivity contribution >= 4 is 34.3 Å². The molecule has 0 atom stereocenters. The lowest BCUT2D eigenvalue weighted by Crippen LogP contribution is -2.72. The van der Waals surface area contributed by atoms with Crippen LogP contribution in [0, 0.1) is 17.2 Å². The maximum absolute atomic E-state index is 15.6. The van der Waals surface area contributed by atoms with Gasteiger partial charge in [0.2, 0.25) is 5.91 Å². The van der Waals surface area contributed by atoms with Gasteiger partial charge in [-0.05, 0) is 44.0 Å². The molecule has 1 aromatic carbocycles. The van der Waals surface area contributed by atoms with Crippen molar-refractivity contribution < 1.29 is 14.0 Å². The zero-order valence-corrected chi connectivity index (χ0v) is 18.9. The highest BCUT2D eigenvalue weighted by molar-refractivity contribution is 6.09. The summed E-state index contributed by atoms with van der Waals surface area (Å²) in [6.45, 7) is 7.66. The summed E-state index contributed by atoms with van der Waals surface area (Å²) in [6, 6.07) is 3.13. The van der Waals surface area contributed by atoms with Gasteiger partial charge in [-0.15, -0.1) is 0 Å². The lowest BCUT2D eigenvalue weighted by atomic mass is 9.72. The molecule has 1 aromatic heterocycles. The molecule has 0 aliphatic carbocycles. The Balaban J connectivity index is 1.15. The van der Waals surface area contributed by atoms with E-state index < -0.39 is 6.03 Å². The van der Waals surface area contributed by atoms with E-state index in [1.807, 2.05) is 6.07 Å². The number of fused-ring (bicyclic) bond motifs is 1. The van der Waals surface area contributed by atoms with E-state index in [0.29, 0.717) is 27.8 Å². The van der Waals surface area contributed by atoms with Gasteiger partial charge in [-0.1, -0.05) is 0 Å². The second kappa shape index (κ2) is 7.66. The third-order valence-electron chi connectivity index (χ3n) is 7.70. The molecule has 2 aromatic rings. The standard InChI is InChI=1S/C23H30FN7O2/c1-28-20-16(21(27-28)31-9-6-18(32)26-22(31)33)2-3-17(19(20)24)30-13-23(14-30)11-29(12-23)10-15-4-7-25-8-5-15/h2-3,15,25H,4-14H2,1H3,(H,26,32,33). The third kappa shape index (κ3) is 3.47. The Morgan fingerprint density at radius 3 is 2.64 bits per heavy atom. The molecule has 4 aliphatic heterocycles. The van der Waals surface area contributed by atoms with E-state index in [9.17, 15) is 9.59 Å². The Bertz CT molecular complexity index is 1110. The summed E-state index contributed by atoms with van der Waals surface area (Å²) in [4.78, 5) is 29.8. The lowest BCUT2D eigenvalue weighted by Gasteiger charge is -2.61. The van der Waals surface area contributed by atoms with Gasteiger partial charge < -0.3 is 15.1 Å². The molecule has 4 aliphatic rings. The van der Waals surface area contributed by atoms with Crippen LogP contribution in [0.5, 0.6) is 0 Å². The van der Waals surface area contributed by atoms with Crippen molar-refractivity contribution in [3.05, 3.63) is 17.9 Å². The average molecular weight is 456 g/mol. The van der Waals surface area contributed by atoms with E-state index in [2.05, 4.69) is 25.5 Å². The molecule has 6 rings (SSSR count). The Hall–Kier alpha value is -2.72. The van der Waals surface area contributed by atoms with Gasteiger partial charge in [-0.25, -0.2) is 9.18 Å². The largest absolute Gasteiger partial charge is 0.368 e. The van der Waals surface area contributed by atoms with E-state index in [0.717, 1.165) is 45.2 Å². The summed E-state index contributed by atoms with van der Waals surface area (Å²) in [7, 11) is 1.69. The van der Waals surface area contributed by atoms with E-state index in [4.69, 9.17) is 0 Å². The maximum Gasteiger partial charge on any atom is 0.329 e. The van der Waals surface area contributed by atoms with Crippen molar-refractivity contribution in [1.29, 1.82) is 0 Å². The number of benzene rings is 1. The first-order chi connectivity index (χ1) is 15.9. The molecule has 1 spiro atoms. The highest BCUT2D eigenvalue weighted by Crippen LogP contribution is 2.44. The van der Waals surface area contributed by atoms with E-state index in [1.54, 1.807) is 13.1 Å². The lowest BCUT2D eigenvalue weighted by molar-refractivity contribution is -0.120. The first kappa shape index (κ1) is 20.9. The highest BCUT2D eigenvalue weighted by atomic mass is 19.1. The molecule has 5 heterocycles. The molecule has 0 radical (unpaired) electrons. The molecule has 0 saturated carbocycles. The van der Waals surface area contributed by atoms with Crippen molar-refractivity contribution in [2.24, 2.45) is 18.4 Å². The van der Waals surface area contributed by atoms with Crippen molar-refractivity contribution in [1.82, 2.24) is 25.3 Å². The number of carbonyl (C=O) groups excluding carboxylic acids is 2. The van der Waals surface area contributed by atoms with E-state index in [1.165, 1.54) is 29.0 Å². The van der Waals surface area contributed by atoms with Crippen molar-refractivity contribution in [2.45, 2.75) is 19.3 Å². The number of likely N-dealkylation sites (tertiary alicyclic amines) is 1. The number of nitrogens with zero attached hydrogens (tertiary/aromatic N) is 5. The fraction of sp³-hybridized carbons (Fsp3) is 0.609. The molecule has 33 heavy (non-hydrogen) atoms. The molecule has 0 unspecified atom stereocenters. The zero-order valence-electron chi connectivity index (χ0n) is 18.9. The topological polar surface area (TPSA) is 85.7 Å². The van der Waals surface area contributed by atoms with Gasteiger partial charge in [-0.2, -0.15) is 5.10 Å². The van der Waals surface area contributed by atoms with Crippen LogP contribution in [0.2, 0.25) is 0 Å². The van der Waals surface area contributed by atoms with Gasteiger partial charge in [0.25, 0.3) is 0 Å². The Labute approximate surface area is 191 Å². The number of carbonyl (C=O) groups is 2. The summed E-state index contributed by atoms with van der Waals surface area (Å²) >= 11 is 0. The van der Waals surface area contributed by atoms with Crippen molar-refractivity contribution in [3.63, 3.8) is 0 Å². The first-order valence-electron chi connectivity index (χ1n) is 11.9.